The average Bonchev–Trinajstić information content (AvgIpc) is 3.05. The Kier molecular flexibility index (Phi) is 5.83. The minimum atomic E-state index is -0.646. The van der Waals surface area contributed by atoms with Crippen LogP contribution in [-0.4, -0.2) is 26.0 Å². The van der Waals surface area contributed by atoms with Gasteiger partial charge >= 0.3 is 0 Å². The molecule has 4 rings (SSSR count). The van der Waals surface area contributed by atoms with E-state index in [0.717, 1.165) is 11.0 Å². The van der Waals surface area contributed by atoms with Gasteiger partial charge in [0.15, 0.2) is 0 Å². The first kappa shape index (κ1) is 21.4. The third-order valence-corrected chi connectivity index (χ3v) is 5.25. The largest absolute Gasteiger partial charge is 0.497 e. The van der Waals surface area contributed by atoms with Gasteiger partial charge in [-0.3, -0.25) is 9.59 Å². The Morgan fingerprint density at radius 2 is 1.59 bits per heavy atom. The highest BCUT2D eigenvalue weighted by Gasteiger charge is 2.40. The van der Waals surface area contributed by atoms with Crippen LogP contribution in [0.25, 0.3) is 5.57 Å². The van der Waals surface area contributed by atoms with Gasteiger partial charge in [0.05, 0.1) is 30.5 Å². The van der Waals surface area contributed by atoms with Crippen molar-refractivity contribution in [3.05, 3.63) is 88.8 Å². The fraction of sp³-hybridized carbons (Fsp3) is 0.0833. The number of hydrogen-bond donors (Lipinski definition) is 1. The summed E-state index contributed by atoms with van der Waals surface area (Å²) < 4.78 is 24.1. The van der Waals surface area contributed by atoms with Crippen LogP contribution in [0.15, 0.2) is 72.4 Å². The summed E-state index contributed by atoms with van der Waals surface area (Å²) >= 11 is 5.89. The summed E-state index contributed by atoms with van der Waals surface area (Å²) in [6.45, 7) is 0. The number of hydrogen-bond acceptors (Lipinski definition) is 5. The number of ether oxygens (including phenoxy) is 2. The molecule has 1 aliphatic heterocycles. The molecule has 32 heavy (non-hydrogen) atoms. The Balaban J connectivity index is 1.81. The van der Waals surface area contributed by atoms with Crippen molar-refractivity contribution in [2.75, 3.05) is 24.4 Å². The summed E-state index contributed by atoms with van der Waals surface area (Å²) in [6, 6.07) is 17.4. The number of amides is 2. The Labute approximate surface area is 188 Å². The number of anilines is 2. The maximum atomic E-state index is 13.7. The fourth-order valence-electron chi connectivity index (χ4n) is 3.37. The molecule has 3 aromatic carbocycles. The van der Waals surface area contributed by atoms with E-state index < -0.39 is 17.6 Å². The van der Waals surface area contributed by atoms with E-state index in [1.54, 1.807) is 48.5 Å². The van der Waals surface area contributed by atoms with E-state index in [0.29, 0.717) is 22.7 Å². The molecule has 0 radical (unpaired) electrons. The van der Waals surface area contributed by atoms with E-state index in [1.807, 2.05) is 0 Å². The van der Waals surface area contributed by atoms with Crippen LogP contribution in [0.2, 0.25) is 5.02 Å². The van der Waals surface area contributed by atoms with Crippen molar-refractivity contribution in [2.24, 2.45) is 0 Å². The Morgan fingerprint density at radius 1 is 0.875 bits per heavy atom. The molecule has 0 saturated carbocycles. The third kappa shape index (κ3) is 3.90. The predicted molar refractivity (Wildman–Crippen MR) is 120 cm³/mol. The van der Waals surface area contributed by atoms with Crippen LogP contribution < -0.4 is 19.7 Å². The molecule has 0 fully saturated rings. The lowest BCUT2D eigenvalue weighted by Gasteiger charge is -2.16. The summed E-state index contributed by atoms with van der Waals surface area (Å²) in [5.41, 5.74) is 1.49. The van der Waals surface area contributed by atoms with E-state index in [4.69, 9.17) is 21.1 Å². The molecule has 6 nitrogen and oxygen atoms in total. The lowest BCUT2D eigenvalue weighted by atomic mass is 10.0. The molecule has 0 spiro atoms. The lowest BCUT2D eigenvalue weighted by Crippen LogP contribution is -2.32. The summed E-state index contributed by atoms with van der Waals surface area (Å²) in [7, 11) is 3.07. The van der Waals surface area contributed by atoms with Gasteiger partial charge in [-0.25, -0.2) is 9.29 Å². The zero-order valence-electron chi connectivity index (χ0n) is 17.2. The molecule has 0 atom stereocenters. The maximum Gasteiger partial charge on any atom is 0.282 e. The van der Waals surface area contributed by atoms with Crippen LogP contribution in [0.3, 0.4) is 0 Å². The number of benzene rings is 3. The number of carbonyl (C=O) groups is 2. The molecule has 162 valence electrons. The van der Waals surface area contributed by atoms with E-state index in [-0.39, 0.29) is 22.0 Å². The number of halogens is 2. The summed E-state index contributed by atoms with van der Waals surface area (Å²) in [5, 5.41) is 2.86. The van der Waals surface area contributed by atoms with Gasteiger partial charge < -0.3 is 14.8 Å². The number of carbonyl (C=O) groups excluding carboxylic acids is 2. The molecule has 1 N–H and O–H groups in total. The van der Waals surface area contributed by atoms with Crippen molar-refractivity contribution in [3.63, 3.8) is 0 Å². The molecule has 3 aromatic rings. The lowest BCUT2D eigenvalue weighted by molar-refractivity contribution is -0.120. The number of methoxy groups -OCH3 is 2. The number of nitrogens with one attached hydrogen (secondary N) is 1. The van der Waals surface area contributed by atoms with Gasteiger partial charge in [-0.1, -0.05) is 29.8 Å². The van der Waals surface area contributed by atoms with Crippen LogP contribution in [-0.2, 0) is 9.59 Å². The molecule has 0 saturated heterocycles. The van der Waals surface area contributed by atoms with Crippen molar-refractivity contribution in [1.82, 2.24) is 0 Å². The van der Waals surface area contributed by atoms with Crippen LogP contribution in [0.5, 0.6) is 11.5 Å². The fourth-order valence-corrected chi connectivity index (χ4v) is 3.55. The number of imide groups is 1. The standard InChI is InChI=1S/C24H18ClFN2O4/c1-31-17-9-6-14(7-10-17)21-22(27-15-4-3-5-18(12-15)32-2)24(30)28(23(21)29)16-8-11-20(26)19(25)13-16/h3-13,27H,1-2H3. The monoisotopic (exact) mass is 452 g/mol. The van der Waals surface area contributed by atoms with Crippen molar-refractivity contribution in [3.8, 4) is 11.5 Å². The highest BCUT2D eigenvalue weighted by molar-refractivity contribution is 6.46. The second-order valence-corrected chi connectivity index (χ2v) is 7.29. The molecule has 8 heteroatoms. The SMILES string of the molecule is COc1ccc(C2=C(Nc3cccc(OC)c3)C(=O)N(c3ccc(F)c(Cl)c3)C2=O)cc1. The van der Waals surface area contributed by atoms with Gasteiger partial charge in [-0.2, -0.15) is 0 Å². The van der Waals surface area contributed by atoms with Crippen molar-refractivity contribution in [2.45, 2.75) is 0 Å². The summed E-state index contributed by atoms with van der Waals surface area (Å²) in [5.74, 6) is -0.608. The first-order valence-electron chi connectivity index (χ1n) is 9.56. The maximum absolute atomic E-state index is 13.7. The van der Waals surface area contributed by atoms with Gasteiger partial charge in [0, 0.05) is 11.8 Å². The molecule has 0 aliphatic carbocycles. The molecular formula is C24H18ClFN2O4. The van der Waals surface area contributed by atoms with E-state index in [1.165, 1.54) is 26.4 Å². The van der Waals surface area contributed by atoms with Gasteiger partial charge in [0.1, 0.15) is 23.0 Å². The predicted octanol–water partition coefficient (Wildman–Crippen LogP) is 4.89. The van der Waals surface area contributed by atoms with Crippen molar-refractivity contribution >= 4 is 40.4 Å². The Bertz CT molecular complexity index is 1240. The smallest absolute Gasteiger partial charge is 0.282 e. The number of rotatable bonds is 6. The highest BCUT2D eigenvalue weighted by atomic mass is 35.5. The molecule has 1 heterocycles. The first-order valence-corrected chi connectivity index (χ1v) is 9.94. The third-order valence-electron chi connectivity index (χ3n) is 4.96. The molecule has 0 bridgehead atoms. The van der Waals surface area contributed by atoms with Gasteiger partial charge in [0.2, 0.25) is 0 Å². The molecule has 0 unspecified atom stereocenters. The van der Waals surface area contributed by atoms with Crippen LogP contribution in [0, 0.1) is 5.82 Å². The van der Waals surface area contributed by atoms with Crippen LogP contribution >= 0.6 is 11.6 Å². The van der Waals surface area contributed by atoms with Gasteiger partial charge in [-0.15, -0.1) is 0 Å². The quantitative estimate of drug-likeness (QED) is 0.539. The van der Waals surface area contributed by atoms with Crippen molar-refractivity contribution in [1.29, 1.82) is 0 Å². The second kappa shape index (κ2) is 8.72. The minimum Gasteiger partial charge on any atom is -0.497 e. The van der Waals surface area contributed by atoms with E-state index in [2.05, 4.69) is 5.32 Å². The molecule has 1 aliphatic rings. The van der Waals surface area contributed by atoms with Gasteiger partial charge in [0.25, 0.3) is 11.8 Å². The van der Waals surface area contributed by atoms with E-state index >= 15 is 0 Å². The number of nitrogens with zero attached hydrogens (tertiary/aromatic N) is 1. The summed E-state index contributed by atoms with van der Waals surface area (Å²) in [4.78, 5) is 27.7. The van der Waals surface area contributed by atoms with Gasteiger partial charge in [-0.05, 0) is 48.0 Å². The molecular weight excluding hydrogens is 435 g/mol. The Hall–Kier alpha value is -3.84. The normalized spacial score (nSPS) is 13.6. The minimum absolute atomic E-state index is 0.0777. The zero-order valence-corrected chi connectivity index (χ0v) is 17.9. The average molecular weight is 453 g/mol. The molecule has 0 aromatic heterocycles. The van der Waals surface area contributed by atoms with Crippen molar-refractivity contribution < 1.29 is 23.5 Å². The molecule has 2 amide bonds. The Morgan fingerprint density at radius 3 is 2.25 bits per heavy atom. The second-order valence-electron chi connectivity index (χ2n) is 6.88. The van der Waals surface area contributed by atoms with E-state index in [9.17, 15) is 14.0 Å². The summed E-state index contributed by atoms with van der Waals surface area (Å²) in [6.07, 6.45) is 0. The van der Waals surface area contributed by atoms with Crippen LogP contribution in [0.1, 0.15) is 5.56 Å². The topological polar surface area (TPSA) is 67.9 Å². The van der Waals surface area contributed by atoms with Crippen LogP contribution in [0.4, 0.5) is 15.8 Å². The zero-order chi connectivity index (χ0) is 22.8. The first-order chi connectivity index (χ1) is 15.4. The highest BCUT2D eigenvalue weighted by Crippen LogP contribution is 2.35.